The Labute approximate surface area is 114 Å². The summed E-state index contributed by atoms with van der Waals surface area (Å²) < 4.78 is 14.0. The van der Waals surface area contributed by atoms with Crippen LogP contribution in [0.5, 0.6) is 0 Å². The molecular weight excluding hydrogens is 272 g/mol. The van der Waals surface area contributed by atoms with Crippen LogP contribution in [0.25, 0.3) is 0 Å². The van der Waals surface area contributed by atoms with E-state index in [2.05, 4.69) is 9.47 Å². The second-order valence-corrected chi connectivity index (χ2v) is 4.83. The Balaban J connectivity index is 2.78. The van der Waals surface area contributed by atoms with Crippen LogP contribution in [-0.2, 0) is 23.9 Å². The molecule has 0 amide bonds. The van der Waals surface area contributed by atoms with E-state index in [-0.39, 0.29) is 6.42 Å². The zero-order chi connectivity index (χ0) is 14.4. The fourth-order valence-corrected chi connectivity index (χ4v) is 2.40. The number of carbonyl (C=O) groups excluding carboxylic acids is 3. The van der Waals surface area contributed by atoms with Gasteiger partial charge in [0.2, 0.25) is 5.78 Å². The first-order valence-corrected chi connectivity index (χ1v) is 6.27. The molecule has 1 aromatic rings. The average Bonchev–Trinajstić information content (AvgIpc) is 2.81. The van der Waals surface area contributed by atoms with E-state index in [0.29, 0.717) is 10.7 Å². The lowest BCUT2D eigenvalue weighted by atomic mass is 10.2. The van der Waals surface area contributed by atoms with Crippen LogP contribution in [0.1, 0.15) is 12.2 Å². The van der Waals surface area contributed by atoms with Crippen molar-refractivity contribution in [1.29, 1.82) is 0 Å². The van der Waals surface area contributed by atoms with Gasteiger partial charge in [-0.3, -0.25) is 9.59 Å². The molecule has 1 aromatic heterocycles. The Morgan fingerprint density at radius 3 is 2.47 bits per heavy atom. The highest BCUT2D eigenvalue weighted by atomic mass is 32.2. The van der Waals surface area contributed by atoms with Crippen LogP contribution in [-0.4, -0.2) is 37.2 Å². The van der Waals surface area contributed by atoms with Crippen molar-refractivity contribution in [2.45, 2.75) is 23.5 Å². The maximum atomic E-state index is 11.6. The van der Waals surface area contributed by atoms with E-state index < -0.39 is 23.0 Å². The Kier molecular flexibility index (Phi) is 5.62. The van der Waals surface area contributed by atoms with Gasteiger partial charge in [0.25, 0.3) is 0 Å². The first-order chi connectivity index (χ1) is 8.99. The number of rotatable bonds is 6. The highest BCUT2D eigenvalue weighted by molar-refractivity contribution is 8.00. The van der Waals surface area contributed by atoms with Gasteiger partial charge in [-0.2, -0.15) is 0 Å². The van der Waals surface area contributed by atoms with Crippen molar-refractivity contribution in [3.05, 3.63) is 18.1 Å². The molecule has 0 bridgehead atoms. The molecule has 0 spiro atoms. The second-order valence-electron chi connectivity index (χ2n) is 3.59. The predicted molar refractivity (Wildman–Crippen MR) is 66.7 cm³/mol. The first kappa shape index (κ1) is 15.3. The van der Waals surface area contributed by atoms with Crippen LogP contribution >= 0.6 is 11.8 Å². The molecule has 0 radical (unpaired) electrons. The lowest BCUT2D eigenvalue weighted by Crippen LogP contribution is -2.26. The number of hydrogen-bond donors (Lipinski definition) is 0. The molecule has 0 aliphatic carbocycles. The van der Waals surface area contributed by atoms with Crippen LogP contribution < -0.4 is 0 Å². The zero-order valence-electron chi connectivity index (χ0n) is 10.8. The molecule has 104 valence electrons. The summed E-state index contributed by atoms with van der Waals surface area (Å²) in [5, 5.41) is -0.812. The van der Waals surface area contributed by atoms with E-state index in [1.54, 1.807) is 13.0 Å². The third-order valence-electron chi connectivity index (χ3n) is 2.33. The van der Waals surface area contributed by atoms with Gasteiger partial charge >= 0.3 is 11.9 Å². The normalized spacial score (nSPS) is 11.7. The molecule has 0 N–H and O–H groups in total. The molecule has 19 heavy (non-hydrogen) atoms. The molecule has 0 saturated carbocycles. The topological polar surface area (TPSA) is 82.8 Å². The average molecular weight is 286 g/mol. The van der Waals surface area contributed by atoms with Gasteiger partial charge in [0.05, 0.1) is 20.5 Å². The summed E-state index contributed by atoms with van der Waals surface area (Å²) in [4.78, 5) is 34.9. The fourth-order valence-electron chi connectivity index (χ4n) is 1.32. The number of aryl methyl sites for hydroxylation is 1. The van der Waals surface area contributed by atoms with Gasteiger partial charge in [0.1, 0.15) is 11.0 Å². The quantitative estimate of drug-likeness (QED) is 0.443. The maximum Gasteiger partial charge on any atom is 0.374 e. The van der Waals surface area contributed by atoms with Crippen LogP contribution in [0.4, 0.5) is 0 Å². The van der Waals surface area contributed by atoms with Crippen molar-refractivity contribution in [3.63, 3.8) is 0 Å². The van der Waals surface area contributed by atoms with Gasteiger partial charge in [-0.05, 0) is 13.0 Å². The minimum atomic E-state index is -0.974. The molecule has 1 rings (SSSR count). The third kappa shape index (κ3) is 4.13. The number of furan rings is 1. The number of ketones is 1. The summed E-state index contributed by atoms with van der Waals surface area (Å²) in [7, 11) is 2.33. The van der Waals surface area contributed by atoms with Crippen molar-refractivity contribution in [1.82, 2.24) is 0 Å². The van der Waals surface area contributed by atoms with Crippen LogP contribution in [0, 0.1) is 6.92 Å². The summed E-state index contributed by atoms with van der Waals surface area (Å²) in [6, 6.07) is 1.68. The van der Waals surface area contributed by atoms with Gasteiger partial charge < -0.3 is 13.9 Å². The molecular formula is C12H14O6S. The Bertz CT molecular complexity index is 478. The number of esters is 2. The van der Waals surface area contributed by atoms with Gasteiger partial charge in [0.15, 0.2) is 0 Å². The zero-order valence-corrected chi connectivity index (χ0v) is 11.6. The smallest absolute Gasteiger partial charge is 0.374 e. The molecule has 0 saturated heterocycles. The molecule has 6 nitrogen and oxygen atoms in total. The van der Waals surface area contributed by atoms with Crippen LogP contribution in [0.2, 0.25) is 0 Å². The Morgan fingerprint density at radius 2 is 2.00 bits per heavy atom. The van der Waals surface area contributed by atoms with Crippen molar-refractivity contribution < 1.29 is 28.3 Å². The summed E-state index contributed by atoms with van der Waals surface area (Å²) in [5.74, 6) is -1.70. The lowest BCUT2D eigenvalue weighted by Gasteiger charge is -2.12. The van der Waals surface area contributed by atoms with E-state index in [0.717, 1.165) is 18.9 Å². The van der Waals surface area contributed by atoms with Gasteiger partial charge in [-0.1, -0.05) is 0 Å². The van der Waals surface area contributed by atoms with E-state index in [9.17, 15) is 14.4 Å². The van der Waals surface area contributed by atoms with Gasteiger partial charge in [-0.15, -0.1) is 11.8 Å². The van der Waals surface area contributed by atoms with Crippen molar-refractivity contribution in [3.8, 4) is 0 Å². The molecule has 7 heteroatoms. The highest BCUT2D eigenvalue weighted by Gasteiger charge is 2.28. The molecule has 1 atom stereocenters. The number of hydrogen-bond acceptors (Lipinski definition) is 7. The first-order valence-electron chi connectivity index (χ1n) is 5.39. The maximum absolute atomic E-state index is 11.6. The number of Topliss-reactive ketones (excluding diaryl/α,β-unsaturated/α-hetero) is 1. The van der Waals surface area contributed by atoms with Crippen LogP contribution in [0.3, 0.4) is 0 Å². The summed E-state index contributed by atoms with van der Waals surface area (Å²) >= 11 is 1.11. The number of ether oxygens (including phenoxy) is 2. The van der Waals surface area contributed by atoms with Crippen molar-refractivity contribution in [2.75, 3.05) is 14.2 Å². The van der Waals surface area contributed by atoms with Crippen LogP contribution in [0.15, 0.2) is 21.6 Å². The second kappa shape index (κ2) is 6.98. The van der Waals surface area contributed by atoms with Crippen molar-refractivity contribution >= 4 is 29.5 Å². The van der Waals surface area contributed by atoms with Crippen molar-refractivity contribution in [2.24, 2.45) is 0 Å². The largest absolute Gasteiger partial charge is 0.468 e. The minimum Gasteiger partial charge on any atom is -0.468 e. The number of carbonyl (C=O) groups is 3. The lowest BCUT2D eigenvalue weighted by molar-refractivity contribution is -0.152. The monoisotopic (exact) mass is 286 g/mol. The SMILES string of the molecule is COC(=O)C(=O)CC(Sc1ccoc1C)C(=O)OC. The molecule has 0 aliphatic rings. The molecule has 0 fully saturated rings. The fraction of sp³-hybridized carbons (Fsp3) is 0.417. The molecule has 0 aliphatic heterocycles. The highest BCUT2D eigenvalue weighted by Crippen LogP contribution is 2.30. The standard InChI is InChI=1S/C12H14O6S/c1-7-9(4-5-18-7)19-10(12(15)17-3)6-8(13)11(14)16-2/h4-5,10H,6H2,1-3H3. The van der Waals surface area contributed by atoms with Gasteiger partial charge in [-0.25, -0.2) is 4.79 Å². The number of methoxy groups -OCH3 is 2. The Morgan fingerprint density at radius 1 is 1.32 bits per heavy atom. The summed E-state index contributed by atoms with van der Waals surface area (Å²) in [5.41, 5.74) is 0. The van der Waals surface area contributed by atoms with Gasteiger partial charge in [0, 0.05) is 11.3 Å². The Hall–Kier alpha value is -1.76. The third-order valence-corrected chi connectivity index (χ3v) is 3.65. The summed E-state index contributed by atoms with van der Waals surface area (Å²) in [6.45, 7) is 1.73. The van der Waals surface area contributed by atoms with E-state index in [1.807, 2.05) is 0 Å². The molecule has 1 unspecified atom stereocenters. The van der Waals surface area contributed by atoms with E-state index in [4.69, 9.17) is 4.42 Å². The number of thioether (sulfide) groups is 1. The van der Waals surface area contributed by atoms with E-state index in [1.165, 1.54) is 13.4 Å². The predicted octanol–water partition coefficient (Wildman–Crippen LogP) is 1.35. The molecule has 1 heterocycles. The molecule has 0 aromatic carbocycles. The van der Waals surface area contributed by atoms with E-state index >= 15 is 0 Å². The summed E-state index contributed by atoms with van der Waals surface area (Å²) in [6.07, 6.45) is 1.20. The minimum absolute atomic E-state index is 0.283.